The van der Waals surface area contributed by atoms with Crippen molar-refractivity contribution in [3.8, 4) is 11.8 Å². The molecular weight excluding hydrogens is 208 g/mol. The van der Waals surface area contributed by atoms with E-state index in [1.807, 2.05) is 0 Å². The van der Waals surface area contributed by atoms with Crippen LogP contribution in [0.1, 0.15) is 18.4 Å². The molecule has 0 N–H and O–H groups in total. The van der Waals surface area contributed by atoms with Gasteiger partial charge in [-0.1, -0.05) is 6.07 Å². The van der Waals surface area contributed by atoms with E-state index in [2.05, 4.69) is 6.07 Å². The molecule has 0 radical (unpaired) electrons. The van der Waals surface area contributed by atoms with Crippen molar-refractivity contribution in [2.24, 2.45) is 0 Å². The number of nitro groups is 1. The highest BCUT2D eigenvalue weighted by Crippen LogP contribution is 2.49. The van der Waals surface area contributed by atoms with Crippen LogP contribution in [0.3, 0.4) is 0 Å². The molecule has 1 fully saturated rings. The Kier molecular flexibility index (Phi) is 2.27. The third-order valence-electron chi connectivity index (χ3n) is 2.89. The molecule has 16 heavy (non-hydrogen) atoms. The standard InChI is InChI=1S/C11H10N2O3/c1-16-10-6-8(11(7-12)4-5-11)2-3-9(10)13(14)15/h2-3,6H,4-5H2,1H3. The second-order valence-corrected chi connectivity index (χ2v) is 3.84. The maximum atomic E-state index is 10.7. The highest BCUT2D eigenvalue weighted by molar-refractivity contribution is 5.52. The van der Waals surface area contributed by atoms with Crippen LogP contribution in [0.2, 0.25) is 0 Å². The monoisotopic (exact) mass is 218 g/mol. The Morgan fingerprint density at radius 3 is 2.69 bits per heavy atom. The first kappa shape index (κ1) is 10.4. The van der Waals surface area contributed by atoms with Crippen molar-refractivity contribution in [2.75, 3.05) is 7.11 Å². The van der Waals surface area contributed by atoms with Gasteiger partial charge in [-0.25, -0.2) is 0 Å². The lowest BCUT2D eigenvalue weighted by Crippen LogP contribution is -2.04. The van der Waals surface area contributed by atoms with Crippen LogP contribution in [0.4, 0.5) is 5.69 Å². The Bertz CT molecular complexity index is 486. The van der Waals surface area contributed by atoms with Crippen molar-refractivity contribution in [2.45, 2.75) is 18.3 Å². The molecule has 1 aromatic rings. The van der Waals surface area contributed by atoms with Crippen molar-refractivity contribution < 1.29 is 9.66 Å². The Morgan fingerprint density at radius 2 is 2.25 bits per heavy atom. The van der Waals surface area contributed by atoms with Gasteiger partial charge in [0.15, 0.2) is 5.75 Å². The van der Waals surface area contributed by atoms with Crippen LogP contribution in [-0.4, -0.2) is 12.0 Å². The number of nitriles is 1. The Balaban J connectivity index is 2.46. The zero-order valence-corrected chi connectivity index (χ0v) is 8.77. The van der Waals surface area contributed by atoms with E-state index < -0.39 is 10.3 Å². The molecule has 0 aromatic heterocycles. The highest BCUT2D eigenvalue weighted by Gasteiger charge is 2.45. The van der Waals surface area contributed by atoms with Crippen LogP contribution in [-0.2, 0) is 5.41 Å². The SMILES string of the molecule is COc1cc(C2(C#N)CC2)ccc1[N+](=O)[O-]. The lowest BCUT2D eigenvalue weighted by Gasteiger charge is -2.08. The average Bonchev–Trinajstić information content (AvgIpc) is 3.09. The van der Waals surface area contributed by atoms with Gasteiger partial charge in [0.05, 0.1) is 23.5 Å². The first-order valence-corrected chi connectivity index (χ1v) is 4.87. The molecule has 0 saturated heterocycles. The van der Waals surface area contributed by atoms with Crippen LogP contribution in [0.5, 0.6) is 5.75 Å². The summed E-state index contributed by atoms with van der Waals surface area (Å²) in [5.41, 5.74) is 0.292. The highest BCUT2D eigenvalue weighted by atomic mass is 16.6. The summed E-state index contributed by atoms with van der Waals surface area (Å²) < 4.78 is 4.96. The van der Waals surface area contributed by atoms with Gasteiger partial charge in [0.2, 0.25) is 0 Å². The van der Waals surface area contributed by atoms with Gasteiger partial charge < -0.3 is 4.74 Å². The first-order chi connectivity index (χ1) is 7.63. The molecule has 0 atom stereocenters. The van der Waals surface area contributed by atoms with Gasteiger partial charge in [0, 0.05) is 6.07 Å². The molecule has 0 heterocycles. The number of nitro benzene ring substituents is 1. The second kappa shape index (κ2) is 3.49. The number of hydrogen-bond acceptors (Lipinski definition) is 4. The molecule has 1 aromatic carbocycles. The van der Waals surface area contributed by atoms with Gasteiger partial charge in [0.1, 0.15) is 0 Å². The van der Waals surface area contributed by atoms with Crippen LogP contribution in [0.25, 0.3) is 0 Å². The molecule has 0 unspecified atom stereocenters. The van der Waals surface area contributed by atoms with Crippen molar-refractivity contribution in [3.63, 3.8) is 0 Å². The predicted octanol–water partition coefficient (Wildman–Crippen LogP) is 2.16. The van der Waals surface area contributed by atoms with Gasteiger partial charge in [-0.3, -0.25) is 10.1 Å². The maximum absolute atomic E-state index is 10.7. The molecule has 1 saturated carbocycles. The van der Waals surface area contributed by atoms with E-state index in [1.54, 1.807) is 12.1 Å². The van der Waals surface area contributed by atoms with E-state index in [9.17, 15) is 10.1 Å². The Morgan fingerprint density at radius 1 is 1.56 bits per heavy atom. The van der Waals surface area contributed by atoms with Crippen molar-refractivity contribution in [3.05, 3.63) is 33.9 Å². The fraction of sp³-hybridized carbons (Fsp3) is 0.364. The largest absolute Gasteiger partial charge is 0.490 e. The molecular formula is C11H10N2O3. The third kappa shape index (κ3) is 1.48. The van der Waals surface area contributed by atoms with Crippen molar-refractivity contribution >= 4 is 5.69 Å². The fourth-order valence-corrected chi connectivity index (χ4v) is 1.72. The van der Waals surface area contributed by atoms with Crippen molar-refractivity contribution in [1.29, 1.82) is 5.26 Å². The normalized spacial score (nSPS) is 16.2. The van der Waals surface area contributed by atoms with Crippen LogP contribution < -0.4 is 4.74 Å². The summed E-state index contributed by atoms with van der Waals surface area (Å²) in [6.07, 6.45) is 1.62. The number of hydrogen-bond donors (Lipinski definition) is 0. The summed E-state index contributed by atoms with van der Waals surface area (Å²) in [5, 5.41) is 19.7. The molecule has 0 amide bonds. The van der Waals surface area contributed by atoms with E-state index >= 15 is 0 Å². The minimum atomic E-state index is -0.492. The molecule has 82 valence electrons. The van der Waals surface area contributed by atoms with Crippen LogP contribution >= 0.6 is 0 Å². The second-order valence-electron chi connectivity index (χ2n) is 3.84. The number of nitrogens with zero attached hydrogens (tertiary/aromatic N) is 2. The summed E-state index contributed by atoms with van der Waals surface area (Å²) >= 11 is 0. The van der Waals surface area contributed by atoms with E-state index in [4.69, 9.17) is 10.00 Å². The summed E-state index contributed by atoms with van der Waals surface area (Å²) in [6.45, 7) is 0. The van der Waals surface area contributed by atoms with Gasteiger partial charge in [-0.2, -0.15) is 5.26 Å². The molecule has 1 aliphatic rings. The smallest absolute Gasteiger partial charge is 0.310 e. The van der Waals surface area contributed by atoms with E-state index in [0.29, 0.717) is 0 Å². The van der Waals surface area contributed by atoms with Gasteiger partial charge in [-0.15, -0.1) is 0 Å². The fourth-order valence-electron chi connectivity index (χ4n) is 1.72. The maximum Gasteiger partial charge on any atom is 0.310 e. The molecule has 5 heteroatoms. The van der Waals surface area contributed by atoms with Crippen LogP contribution in [0.15, 0.2) is 18.2 Å². The number of methoxy groups -OCH3 is 1. The molecule has 0 spiro atoms. The molecule has 5 nitrogen and oxygen atoms in total. The van der Waals surface area contributed by atoms with E-state index in [1.165, 1.54) is 13.2 Å². The quantitative estimate of drug-likeness (QED) is 0.575. The first-order valence-electron chi connectivity index (χ1n) is 4.87. The van der Waals surface area contributed by atoms with Crippen molar-refractivity contribution in [1.82, 2.24) is 0 Å². The topological polar surface area (TPSA) is 76.2 Å². The summed E-state index contributed by atoms with van der Waals surface area (Å²) in [4.78, 5) is 10.2. The zero-order valence-electron chi connectivity index (χ0n) is 8.77. The average molecular weight is 218 g/mol. The number of ether oxygens (including phenoxy) is 1. The summed E-state index contributed by atoms with van der Waals surface area (Å²) in [7, 11) is 1.39. The van der Waals surface area contributed by atoms with E-state index in [-0.39, 0.29) is 11.4 Å². The van der Waals surface area contributed by atoms with Gasteiger partial charge in [0.25, 0.3) is 0 Å². The van der Waals surface area contributed by atoms with Gasteiger partial charge in [-0.05, 0) is 24.5 Å². The van der Waals surface area contributed by atoms with Crippen LogP contribution in [0, 0.1) is 21.4 Å². The Labute approximate surface area is 92.4 Å². The lowest BCUT2D eigenvalue weighted by molar-refractivity contribution is -0.385. The minimum absolute atomic E-state index is 0.0695. The Hall–Kier alpha value is -2.09. The van der Waals surface area contributed by atoms with E-state index in [0.717, 1.165) is 18.4 Å². The number of benzene rings is 1. The molecule has 1 aliphatic carbocycles. The van der Waals surface area contributed by atoms with Gasteiger partial charge >= 0.3 is 5.69 Å². The summed E-state index contributed by atoms with van der Waals surface area (Å²) in [6, 6.07) is 6.87. The number of rotatable bonds is 3. The molecule has 2 rings (SSSR count). The molecule has 0 aliphatic heterocycles. The zero-order chi connectivity index (χ0) is 11.8. The minimum Gasteiger partial charge on any atom is -0.490 e. The lowest BCUT2D eigenvalue weighted by atomic mass is 9.97. The predicted molar refractivity (Wildman–Crippen MR) is 56.2 cm³/mol. The molecule has 0 bridgehead atoms. The third-order valence-corrected chi connectivity index (χ3v) is 2.89. The summed E-state index contributed by atoms with van der Waals surface area (Å²) in [5.74, 6) is 0.212.